The standard InChI is InChI=1S/C4H9N5S/c5-2-1-3-6-4-7-8-9-10-4/h1-3,5H2,(H,6,7,9). The van der Waals surface area contributed by atoms with E-state index in [4.69, 9.17) is 5.73 Å². The van der Waals surface area contributed by atoms with E-state index in [2.05, 4.69) is 20.1 Å². The molecule has 0 unspecified atom stereocenters. The highest BCUT2D eigenvalue weighted by molar-refractivity contribution is 7.09. The molecule has 1 heterocycles. The monoisotopic (exact) mass is 159 g/mol. The van der Waals surface area contributed by atoms with Gasteiger partial charge in [-0.15, -0.1) is 0 Å². The van der Waals surface area contributed by atoms with Crippen LogP contribution in [0.1, 0.15) is 6.42 Å². The molecule has 5 nitrogen and oxygen atoms in total. The van der Waals surface area contributed by atoms with Gasteiger partial charge >= 0.3 is 0 Å². The van der Waals surface area contributed by atoms with E-state index in [1.54, 1.807) is 0 Å². The molecule has 1 rings (SSSR count). The maximum Gasteiger partial charge on any atom is 0.225 e. The van der Waals surface area contributed by atoms with Crippen LogP contribution in [0, 0.1) is 0 Å². The summed E-state index contributed by atoms with van der Waals surface area (Å²) in [6.07, 6.45) is 0.944. The van der Waals surface area contributed by atoms with Crippen LogP contribution in [0.15, 0.2) is 0 Å². The summed E-state index contributed by atoms with van der Waals surface area (Å²) in [6, 6.07) is 0. The third-order valence-corrected chi connectivity index (χ3v) is 1.51. The maximum atomic E-state index is 5.28. The Balaban J connectivity index is 2.15. The van der Waals surface area contributed by atoms with E-state index in [1.807, 2.05) is 0 Å². The number of nitrogens with zero attached hydrogens (tertiary/aromatic N) is 3. The highest BCUT2D eigenvalue weighted by Crippen LogP contribution is 2.03. The molecule has 0 saturated carbocycles. The molecule has 3 N–H and O–H groups in total. The third kappa shape index (κ3) is 2.24. The molecule has 0 radical (unpaired) electrons. The zero-order valence-electron chi connectivity index (χ0n) is 5.45. The first kappa shape index (κ1) is 7.36. The summed E-state index contributed by atoms with van der Waals surface area (Å²) in [5, 5.41) is 10.9. The lowest BCUT2D eigenvalue weighted by Crippen LogP contribution is -2.08. The molecule has 0 aromatic carbocycles. The summed E-state index contributed by atoms with van der Waals surface area (Å²) >= 11 is 1.25. The fourth-order valence-corrected chi connectivity index (χ4v) is 0.889. The van der Waals surface area contributed by atoms with E-state index in [0.717, 1.165) is 18.1 Å². The van der Waals surface area contributed by atoms with Crippen LogP contribution in [-0.2, 0) is 0 Å². The Morgan fingerprint density at radius 2 is 2.50 bits per heavy atom. The first-order valence-electron chi connectivity index (χ1n) is 3.02. The number of aromatic nitrogens is 3. The van der Waals surface area contributed by atoms with Crippen LogP contribution in [0.25, 0.3) is 0 Å². The Hall–Kier alpha value is -0.750. The third-order valence-electron chi connectivity index (χ3n) is 0.956. The lowest BCUT2D eigenvalue weighted by atomic mass is 10.4. The van der Waals surface area contributed by atoms with Gasteiger partial charge in [0, 0.05) is 18.1 Å². The fraction of sp³-hybridized carbons (Fsp3) is 0.750. The summed E-state index contributed by atoms with van der Waals surface area (Å²) in [5.41, 5.74) is 5.28. The number of nitrogens with one attached hydrogen (secondary N) is 1. The molecule has 1 aromatic heterocycles. The van der Waals surface area contributed by atoms with Gasteiger partial charge in [0.2, 0.25) is 5.13 Å². The largest absolute Gasteiger partial charge is 0.359 e. The Kier molecular flexibility index (Phi) is 3.04. The van der Waals surface area contributed by atoms with Crippen molar-refractivity contribution in [2.45, 2.75) is 6.42 Å². The van der Waals surface area contributed by atoms with Crippen molar-refractivity contribution in [2.24, 2.45) is 5.73 Å². The van der Waals surface area contributed by atoms with Gasteiger partial charge < -0.3 is 11.1 Å². The van der Waals surface area contributed by atoms with Gasteiger partial charge in [0.05, 0.1) is 0 Å². The zero-order chi connectivity index (χ0) is 7.23. The molecule has 1 aromatic rings. The summed E-state index contributed by atoms with van der Waals surface area (Å²) in [6.45, 7) is 1.53. The molecule has 0 atom stereocenters. The van der Waals surface area contributed by atoms with Crippen LogP contribution in [-0.4, -0.2) is 27.9 Å². The van der Waals surface area contributed by atoms with E-state index < -0.39 is 0 Å². The molecule has 0 aliphatic heterocycles. The molecular formula is C4H9N5S. The Morgan fingerprint density at radius 3 is 3.10 bits per heavy atom. The quantitative estimate of drug-likeness (QED) is 0.589. The van der Waals surface area contributed by atoms with Gasteiger partial charge in [-0.05, 0) is 18.2 Å². The van der Waals surface area contributed by atoms with E-state index in [1.165, 1.54) is 11.5 Å². The van der Waals surface area contributed by atoms with Gasteiger partial charge in [0.25, 0.3) is 0 Å². The van der Waals surface area contributed by atoms with Crippen LogP contribution in [0.2, 0.25) is 0 Å². The molecule has 0 bridgehead atoms. The number of anilines is 1. The highest BCUT2D eigenvalue weighted by Gasteiger charge is 1.93. The van der Waals surface area contributed by atoms with Gasteiger partial charge in [-0.2, -0.15) is 0 Å². The van der Waals surface area contributed by atoms with Crippen molar-refractivity contribution >= 4 is 16.7 Å². The van der Waals surface area contributed by atoms with Crippen LogP contribution in [0.5, 0.6) is 0 Å². The molecule has 0 aliphatic carbocycles. The second kappa shape index (κ2) is 4.13. The van der Waals surface area contributed by atoms with Gasteiger partial charge in [-0.25, -0.2) is 0 Å². The average Bonchev–Trinajstić information content (AvgIpc) is 2.41. The van der Waals surface area contributed by atoms with Crippen molar-refractivity contribution in [3.05, 3.63) is 0 Å². The minimum atomic E-state index is 0.694. The van der Waals surface area contributed by atoms with Crippen molar-refractivity contribution in [1.82, 2.24) is 14.8 Å². The van der Waals surface area contributed by atoms with E-state index in [-0.39, 0.29) is 0 Å². The number of rotatable bonds is 4. The fourth-order valence-electron chi connectivity index (χ4n) is 0.499. The van der Waals surface area contributed by atoms with Crippen molar-refractivity contribution in [3.8, 4) is 0 Å². The summed E-state index contributed by atoms with van der Waals surface area (Å²) in [4.78, 5) is 0. The average molecular weight is 159 g/mol. The van der Waals surface area contributed by atoms with Gasteiger partial charge in [-0.3, -0.25) is 0 Å². The van der Waals surface area contributed by atoms with Crippen molar-refractivity contribution < 1.29 is 0 Å². The second-order valence-corrected chi connectivity index (χ2v) is 2.47. The van der Waals surface area contributed by atoms with Crippen LogP contribution < -0.4 is 11.1 Å². The van der Waals surface area contributed by atoms with Gasteiger partial charge in [0.1, 0.15) is 0 Å². The molecule has 10 heavy (non-hydrogen) atoms. The molecular weight excluding hydrogens is 150 g/mol. The number of hydrogen-bond donors (Lipinski definition) is 2. The minimum absolute atomic E-state index is 0.694. The van der Waals surface area contributed by atoms with E-state index >= 15 is 0 Å². The molecule has 0 aliphatic rings. The predicted molar refractivity (Wildman–Crippen MR) is 39.9 cm³/mol. The van der Waals surface area contributed by atoms with Gasteiger partial charge in [0.15, 0.2) is 0 Å². The predicted octanol–water partition coefficient (Wildman–Crippen LogP) is -0.306. The summed E-state index contributed by atoms with van der Waals surface area (Å²) in [5.74, 6) is 0. The second-order valence-electron chi connectivity index (χ2n) is 1.74. The number of hydrogen-bond acceptors (Lipinski definition) is 6. The molecule has 0 saturated heterocycles. The van der Waals surface area contributed by atoms with E-state index in [0.29, 0.717) is 6.54 Å². The van der Waals surface area contributed by atoms with Crippen LogP contribution >= 0.6 is 11.5 Å². The molecule has 0 fully saturated rings. The smallest absolute Gasteiger partial charge is 0.225 e. The lowest BCUT2D eigenvalue weighted by Gasteiger charge is -1.96. The van der Waals surface area contributed by atoms with Crippen LogP contribution in [0.3, 0.4) is 0 Å². The normalized spacial score (nSPS) is 9.70. The summed E-state index contributed by atoms with van der Waals surface area (Å²) < 4.78 is 3.59. The molecule has 0 spiro atoms. The Labute approximate surface area is 62.8 Å². The SMILES string of the molecule is NCCCNc1nnns1. The minimum Gasteiger partial charge on any atom is -0.359 e. The van der Waals surface area contributed by atoms with E-state index in [9.17, 15) is 0 Å². The summed E-state index contributed by atoms with van der Waals surface area (Å²) in [7, 11) is 0. The zero-order valence-corrected chi connectivity index (χ0v) is 6.27. The first-order chi connectivity index (χ1) is 4.93. The van der Waals surface area contributed by atoms with Crippen molar-refractivity contribution in [1.29, 1.82) is 0 Å². The number of nitrogens with two attached hydrogens (primary N) is 1. The highest BCUT2D eigenvalue weighted by atomic mass is 32.1. The lowest BCUT2D eigenvalue weighted by molar-refractivity contribution is 0.866. The van der Waals surface area contributed by atoms with Crippen molar-refractivity contribution in [3.63, 3.8) is 0 Å². The molecule has 56 valence electrons. The van der Waals surface area contributed by atoms with Crippen molar-refractivity contribution in [2.75, 3.05) is 18.4 Å². The molecule has 6 heteroatoms. The topological polar surface area (TPSA) is 76.7 Å². The Morgan fingerprint density at radius 1 is 1.60 bits per heavy atom. The van der Waals surface area contributed by atoms with Gasteiger partial charge in [-0.1, -0.05) is 9.59 Å². The van der Waals surface area contributed by atoms with Crippen LogP contribution in [0.4, 0.5) is 5.13 Å². The molecule has 0 amide bonds. The Bertz CT molecular complexity index is 162. The first-order valence-corrected chi connectivity index (χ1v) is 3.80. The maximum absolute atomic E-state index is 5.28.